The summed E-state index contributed by atoms with van der Waals surface area (Å²) in [7, 11) is 0. The zero-order chi connectivity index (χ0) is 13.8. The largest absolute Gasteiger partial charge is 0.299 e. The van der Waals surface area contributed by atoms with Gasteiger partial charge in [0, 0.05) is 17.5 Å². The summed E-state index contributed by atoms with van der Waals surface area (Å²) in [5.74, 6) is 4.70. The van der Waals surface area contributed by atoms with Gasteiger partial charge in [-0.1, -0.05) is 17.7 Å². The average molecular weight is 286 g/mol. The first kappa shape index (κ1) is 14.2. The van der Waals surface area contributed by atoms with Crippen molar-refractivity contribution in [2.24, 2.45) is 11.8 Å². The van der Waals surface area contributed by atoms with E-state index in [9.17, 15) is 9.18 Å². The topological polar surface area (TPSA) is 58.4 Å². The summed E-state index contributed by atoms with van der Waals surface area (Å²) in [6.07, 6.45) is 1.56. The third kappa shape index (κ3) is 3.65. The van der Waals surface area contributed by atoms with Gasteiger partial charge in [0.2, 0.25) is 5.91 Å². The average Bonchev–Trinajstić information content (AvgIpc) is 2.42. The van der Waals surface area contributed by atoms with Crippen LogP contribution in [0, 0.1) is 11.7 Å². The summed E-state index contributed by atoms with van der Waals surface area (Å²) < 4.78 is 13.0. The molecule has 1 amide bonds. The second-order valence-corrected chi connectivity index (χ2v) is 5.20. The van der Waals surface area contributed by atoms with E-state index in [1.165, 1.54) is 12.1 Å². The van der Waals surface area contributed by atoms with Crippen LogP contribution in [0.5, 0.6) is 0 Å². The van der Waals surface area contributed by atoms with Crippen molar-refractivity contribution in [1.82, 2.24) is 10.3 Å². The van der Waals surface area contributed by atoms with Gasteiger partial charge in [-0.3, -0.25) is 15.1 Å². The second-order valence-electron chi connectivity index (χ2n) is 4.79. The maximum Gasteiger partial charge on any atom is 0.237 e. The number of hydrogen-bond donors (Lipinski definition) is 2. The molecule has 1 aliphatic heterocycles. The Balaban J connectivity index is 1.90. The Bertz CT molecular complexity index is 461. The molecule has 104 valence electrons. The Hall–Kier alpha value is -1.17. The molecule has 4 nitrogen and oxygen atoms in total. The fourth-order valence-electron chi connectivity index (χ4n) is 2.36. The van der Waals surface area contributed by atoms with Gasteiger partial charge >= 0.3 is 0 Å². The quantitative estimate of drug-likeness (QED) is 0.505. The Labute approximate surface area is 116 Å². The van der Waals surface area contributed by atoms with E-state index in [0.29, 0.717) is 11.6 Å². The van der Waals surface area contributed by atoms with Gasteiger partial charge in [0.25, 0.3) is 0 Å². The van der Waals surface area contributed by atoms with Gasteiger partial charge in [-0.05, 0) is 43.6 Å². The first-order chi connectivity index (χ1) is 9.10. The summed E-state index contributed by atoms with van der Waals surface area (Å²) in [5.41, 5.74) is 3.10. The number of halogens is 2. The van der Waals surface area contributed by atoms with Crippen LogP contribution in [0.4, 0.5) is 4.39 Å². The van der Waals surface area contributed by atoms with Crippen LogP contribution in [0.15, 0.2) is 18.2 Å². The molecule has 0 aliphatic carbocycles. The summed E-state index contributed by atoms with van der Waals surface area (Å²) in [4.78, 5) is 13.6. The summed E-state index contributed by atoms with van der Waals surface area (Å²) in [5, 5.41) is 0.446. The molecule has 0 unspecified atom stereocenters. The monoisotopic (exact) mass is 285 g/mol. The number of carbonyl (C=O) groups is 1. The molecule has 3 N–H and O–H groups in total. The zero-order valence-electron chi connectivity index (χ0n) is 10.5. The Kier molecular flexibility index (Phi) is 4.74. The highest BCUT2D eigenvalue weighted by atomic mass is 35.5. The summed E-state index contributed by atoms with van der Waals surface area (Å²) in [6, 6.07) is 4.44. The highest BCUT2D eigenvalue weighted by molar-refractivity contribution is 6.31. The van der Waals surface area contributed by atoms with E-state index in [2.05, 4.69) is 10.3 Å². The van der Waals surface area contributed by atoms with E-state index in [-0.39, 0.29) is 17.6 Å². The lowest BCUT2D eigenvalue weighted by molar-refractivity contribution is -0.126. The van der Waals surface area contributed by atoms with Crippen molar-refractivity contribution in [3.8, 4) is 0 Å². The van der Waals surface area contributed by atoms with E-state index in [4.69, 9.17) is 17.4 Å². The third-order valence-corrected chi connectivity index (χ3v) is 3.86. The fraction of sp³-hybridized carbons (Fsp3) is 0.462. The number of nitrogens with two attached hydrogens (primary N) is 1. The number of likely N-dealkylation sites (tertiary alicyclic amines) is 1. The Morgan fingerprint density at radius 2 is 2.16 bits per heavy atom. The number of hydrazine groups is 1. The lowest BCUT2D eigenvalue weighted by Gasteiger charge is -2.31. The van der Waals surface area contributed by atoms with Gasteiger partial charge in [-0.2, -0.15) is 0 Å². The molecule has 1 saturated heterocycles. The molecule has 1 aromatic rings. The standard InChI is InChI=1S/C13H17ClFN3O/c14-12-7-11(15)2-1-10(12)8-18-5-3-9(4-6-18)13(19)17-16/h1-2,7,9H,3-6,8,16H2,(H,17,19). The predicted octanol–water partition coefficient (Wildman–Crippen LogP) is 1.68. The van der Waals surface area contributed by atoms with Crippen LogP contribution < -0.4 is 11.3 Å². The molecular formula is C13H17ClFN3O. The fourth-order valence-corrected chi connectivity index (χ4v) is 2.59. The number of carbonyl (C=O) groups excluding carboxylic acids is 1. The molecule has 1 heterocycles. The summed E-state index contributed by atoms with van der Waals surface area (Å²) >= 11 is 6.00. The van der Waals surface area contributed by atoms with E-state index in [1.807, 2.05) is 0 Å². The molecule has 1 aromatic carbocycles. The maximum atomic E-state index is 13.0. The van der Waals surface area contributed by atoms with E-state index in [0.717, 1.165) is 31.5 Å². The minimum atomic E-state index is -0.327. The highest BCUT2D eigenvalue weighted by Crippen LogP contribution is 2.23. The van der Waals surface area contributed by atoms with E-state index >= 15 is 0 Å². The first-order valence-corrected chi connectivity index (χ1v) is 6.64. The number of nitrogens with zero attached hydrogens (tertiary/aromatic N) is 1. The van der Waals surface area contributed by atoms with Crippen molar-refractivity contribution in [1.29, 1.82) is 0 Å². The van der Waals surface area contributed by atoms with Crippen LogP contribution >= 0.6 is 11.6 Å². The maximum absolute atomic E-state index is 13.0. The third-order valence-electron chi connectivity index (χ3n) is 3.51. The number of piperidine rings is 1. The molecule has 19 heavy (non-hydrogen) atoms. The predicted molar refractivity (Wildman–Crippen MR) is 71.7 cm³/mol. The molecule has 0 bridgehead atoms. The van der Waals surface area contributed by atoms with Crippen molar-refractivity contribution in [2.75, 3.05) is 13.1 Å². The molecule has 1 aliphatic rings. The van der Waals surface area contributed by atoms with Crippen molar-refractivity contribution in [3.63, 3.8) is 0 Å². The molecule has 0 radical (unpaired) electrons. The van der Waals surface area contributed by atoms with Crippen LogP contribution in [0.3, 0.4) is 0 Å². The van der Waals surface area contributed by atoms with Crippen LogP contribution in [0.25, 0.3) is 0 Å². The van der Waals surface area contributed by atoms with Crippen molar-refractivity contribution in [3.05, 3.63) is 34.6 Å². The molecule has 6 heteroatoms. The smallest absolute Gasteiger partial charge is 0.237 e. The first-order valence-electron chi connectivity index (χ1n) is 6.27. The lowest BCUT2D eigenvalue weighted by Crippen LogP contribution is -2.42. The van der Waals surface area contributed by atoms with Gasteiger partial charge in [-0.15, -0.1) is 0 Å². The van der Waals surface area contributed by atoms with E-state index in [1.54, 1.807) is 6.07 Å². The van der Waals surface area contributed by atoms with Gasteiger partial charge < -0.3 is 0 Å². The van der Waals surface area contributed by atoms with Crippen LogP contribution in [-0.2, 0) is 11.3 Å². The van der Waals surface area contributed by atoms with Crippen molar-refractivity contribution >= 4 is 17.5 Å². The molecule has 0 atom stereocenters. The molecule has 1 fully saturated rings. The Morgan fingerprint density at radius 3 is 2.74 bits per heavy atom. The molecular weight excluding hydrogens is 269 g/mol. The number of amides is 1. The summed E-state index contributed by atoms with van der Waals surface area (Å²) in [6.45, 7) is 2.30. The number of hydrogen-bond acceptors (Lipinski definition) is 3. The van der Waals surface area contributed by atoms with Crippen molar-refractivity contribution < 1.29 is 9.18 Å². The number of benzene rings is 1. The number of nitrogens with one attached hydrogen (secondary N) is 1. The van der Waals surface area contributed by atoms with Gasteiger partial charge in [0.05, 0.1) is 0 Å². The zero-order valence-corrected chi connectivity index (χ0v) is 11.3. The molecule has 2 rings (SSSR count). The SMILES string of the molecule is NNC(=O)C1CCN(Cc2ccc(F)cc2Cl)CC1. The molecule has 0 saturated carbocycles. The van der Waals surface area contributed by atoms with Crippen LogP contribution in [-0.4, -0.2) is 23.9 Å². The normalized spacial score (nSPS) is 17.4. The van der Waals surface area contributed by atoms with Crippen LogP contribution in [0.1, 0.15) is 18.4 Å². The number of rotatable bonds is 3. The molecule has 0 aromatic heterocycles. The van der Waals surface area contributed by atoms with Gasteiger partial charge in [-0.25, -0.2) is 10.2 Å². The van der Waals surface area contributed by atoms with Crippen molar-refractivity contribution in [2.45, 2.75) is 19.4 Å². The van der Waals surface area contributed by atoms with Gasteiger partial charge in [0.15, 0.2) is 0 Å². The van der Waals surface area contributed by atoms with E-state index < -0.39 is 0 Å². The minimum Gasteiger partial charge on any atom is -0.299 e. The van der Waals surface area contributed by atoms with Gasteiger partial charge in [0.1, 0.15) is 5.82 Å². The minimum absolute atomic E-state index is 0.00932. The van der Waals surface area contributed by atoms with Crippen LogP contribution in [0.2, 0.25) is 5.02 Å². The second kappa shape index (κ2) is 6.32. The lowest BCUT2D eigenvalue weighted by atomic mass is 9.96. The Morgan fingerprint density at radius 1 is 1.47 bits per heavy atom. The molecule has 0 spiro atoms. The highest BCUT2D eigenvalue weighted by Gasteiger charge is 2.24.